The smallest absolute Gasteiger partial charge is 0.0849 e. The fourth-order valence-corrected chi connectivity index (χ4v) is 2.48. The van der Waals surface area contributed by atoms with E-state index >= 15 is 0 Å². The van der Waals surface area contributed by atoms with Gasteiger partial charge in [-0.1, -0.05) is 0 Å². The quantitative estimate of drug-likeness (QED) is 0.584. The molecule has 2 heterocycles. The van der Waals surface area contributed by atoms with E-state index in [1.54, 1.807) is 0 Å². The van der Waals surface area contributed by atoms with Crippen LogP contribution < -0.4 is 11.5 Å². The van der Waals surface area contributed by atoms with Crippen LogP contribution in [0.3, 0.4) is 0 Å². The molecule has 0 aromatic carbocycles. The zero-order valence-corrected chi connectivity index (χ0v) is 6.75. The third-order valence-corrected chi connectivity index (χ3v) is 3.21. The Bertz CT molecular complexity index is 162. The predicted molar refractivity (Wildman–Crippen MR) is 43.1 cm³/mol. The van der Waals surface area contributed by atoms with Crippen LogP contribution in [0.5, 0.6) is 0 Å². The van der Waals surface area contributed by atoms with Crippen LogP contribution in [0.4, 0.5) is 0 Å². The van der Waals surface area contributed by atoms with Crippen molar-refractivity contribution in [3.05, 3.63) is 0 Å². The fourth-order valence-electron chi connectivity index (χ4n) is 2.48. The van der Waals surface area contributed by atoms with Crippen molar-refractivity contribution < 1.29 is 4.74 Å². The number of ether oxygens (including phenoxy) is 1. The Morgan fingerprint density at radius 2 is 2.27 bits per heavy atom. The first kappa shape index (κ1) is 7.53. The van der Waals surface area contributed by atoms with Crippen molar-refractivity contribution in [3.63, 3.8) is 0 Å². The van der Waals surface area contributed by atoms with Gasteiger partial charge in [-0.2, -0.15) is 0 Å². The number of fused-ring (bicyclic) bond motifs is 2. The highest BCUT2D eigenvalue weighted by Crippen LogP contribution is 2.46. The van der Waals surface area contributed by atoms with E-state index in [-0.39, 0.29) is 5.60 Å². The summed E-state index contributed by atoms with van der Waals surface area (Å²) in [6, 6.07) is 0. The second-order valence-corrected chi connectivity index (χ2v) is 3.72. The molecule has 2 aliphatic rings. The summed E-state index contributed by atoms with van der Waals surface area (Å²) in [6.07, 6.45) is 3.91. The minimum atomic E-state index is -0.0284. The Balaban J connectivity index is 2.15. The summed E-state index contributed by atoms with van der Waals surface area (Å²) >= 11 is 0. The van der Waals surface area contributed by atoms with Gasteiger partial charge in [-0.15, -0.1) is 0 Å². The summed E-state index contributed by atoms with van der Waals surface area (Å²) < 4.78 is 5.81. The van der Waals surface area contributed by atoms with Gasteiger partial charge in [-0.25, -0.2) is 0 Å². The molecule has 0 aromatic rings. The standard InChI is InChI=1S/C8H16N2O/c9-4-6-3-7-1-2-8(6,5-10)11-7/h6-7H,1-5,9-10H2. The SMILES string of the molecule is NCC1CC2CCC1(CN)O2. The summed E-state index contributed by atoms with van der Waals surface area (Å²) in [5, 5.41) is 0. The Kier molecular flexibility index (Phi) is 1.67. The predicted octanol–water partition coefficient (Wildman–Crippen LogP) is -0.158. The number of nitrogens with two attached hydrogens (primary N) is 2. The number of rotatable bonds is 2. The molecule has 3 nitrogen and oxygen atoms in total. The summed E-state index contributed by atoms with van der Waals surface area (Å²) in [5.41, 5.74) is 11.3. The molecule has 64 valence electrons. The molecule has 0 spiro atoms. The first-order valence-corrected chi connectivity index (χ1v) is 4.39. The van der Waals surface area contributed by atoms with Crippen LogP contribution in [0.1, 0.15) is 19.3 Å². The molecule has 4 N–H and O–H groups in total. The van der Waals surface area contributed by atoms with Gasteiger partial charge < -0.3 is 16.2 Å². The van der Waals surface area contributed by atoms with Crippen LogP contribution in [0.25, 0.3) is 0 Å². The molecule has 3 unspecified atom stereocenters. The summed E-state index contributed by atoms with van der Waals surface area (Å²) in [4.78, 5) is 0. The van der Waals surface area contributed by atoms with Crippen LogP contribution in [-0.2, 0) is 4.74 Å². The van der Waals surface area contributed by atoms with E-state index < -0.39 is 0 Å². The van der Waals surface area contributed by atoms with E-state index in [0.29, 0.717) is 18.6 Å². The van der Waals surface area contributed by atoms with E-state index in [2.05, 4.69) is 0 Å². The largest absolute Gasteiger partial charge is 0.370 e. The highest BCUT2D eigenvalue weighted by molar-refractivity contribution is 5.02. The van der Waals surface area contributed by atoms with Gasteiger partial charge in [0.25, 0.3) is 0 Å². The Morgan fingerprint density at radius 1 is 1.45 bits per heavy atom. The first-order valence-electron chi connectivity index (χ1n) is 4.39. The van der Waals surface area contributed by atoms with Gasteiger partial charge in [-0.3, -0.25) is 0 Å². The van der Waals surface area contributed by atoms with Gasteiger partial charge in [0.1, 0.15) is 0 Å². The lowest BCUT2D eigenvalue weighted by atomic mass is 9.78. The summed E-state index contributed by atoms with van der Waals surface area (Å²) in [5.74, 6) is 0.520. The second kappa shape index (κ2) is 2.44. The molecule has 0 saturated carbocycles. The van der Waals surface area contributed by atoms with Crippen molar-refractivity contribution in [1.29, 1.82) is 0 Å². The van der Waals surface area contributed by atoms with Crippen LogP contribution >= 0.6 is 0 Å². The molecular formula is C8H16N2O. The summed E-state index contributed by atoms with van der Waals surface area (Å²) in [7, 11) is 0. The molecule has 3 atom stereocenters. The summed E-state index contributed by atoms with van der Waals surface area (Å²) in [6.45, 7) is 1.37. The molecule has 11 heavy (non-hydrogen) atoms. The minimum absolute atomic E-state index is 0.0284. The molecule has 2 saturated heterocycles. The maximum atomic E-state index is 5.81. The van der Waals surface area contributed by atoms with Crippen molar-refractivity contribution in [3.8, 4) is 0 Å². The van der Waals surface area contributed by atoms with Crippen LogP contribution in [0.15, 0.2) is 0 Å². The average molecular weight is 156 g/mol. The van der Waals surface area contributed by atoms with Gasteiger partial charge in [-0.05, 0) is 25.8 Å². The van der Waals surface area contributed by atoms with Gasteiger partial charge >= 0.3 is 0 Å². The average Bonchev–Trinajstić information content (AvgIpc) is 2.60. The van der Waals surface area contributed by atoms with Crippen molar-refractivity contribution in [2.75, 3.05) is 13.1 Å². The van der Waals surface area contributed by atoms with E-state index in [1.165, 1.54) is 6.42 Å². The van der Waals surface area contributed by atoms with Gasteiger partial charge in [0, 0.05) is 12.5 Å². The molecule has 0 radical (unpaired) electrons. The molecule has 2 fully saturated rings. The zero-order valence-electron chi connectivity index (χ0n) is 6.75. The first-order chi connectivity index (χ1) is 5.30. The van der Waals surface area contributed by atoms with Crippen molar-refractivity contribution in [1.82, 2.24) is 0 Å². The maximum absolute atomic E-state index is 5.81. The minimum Gasteiger partial charge on any atom is -0.370 e. The lowest BCUT2D eigenvalue weighted by Gasteiger charge is -2.30. The van der Waals surface area contributed by atoms with Gasteiger partial charge in [0.05, 0.1) is 11.7 Å². The number of hydrogen-bond donors (Lipinski definition) is 2. The van der Waals surface area contributed by atoms with Crippen LogP contribution in [-0.4, -0.2) is 24.8 Å². The second-order valence-electron chi connectivity index (χ2n) is 3.72. The number of hydrogen-bond acceptors (Lipinski definition) is 3. The third-order valence-electron chi connectivity index (χ3n) is 3.21. The van der Waals surface area contributed by atoms with Crippen LogP contribution in [0, 0.1) is 5.92 Å². The topological polar surface area (TPSA) is 61.3 Å². The van der Waals surface area contributed by atoms with Crippen molar-refractivity contribution in [2.45, 2.75) is 31.0 Å². The van der Waals surface area contributed by atoms with Crippen molar-refractivity contribution >= 4 is 0 Å². The lowest BCUT2D eigenvalue weighted by molar-refractivity contribution is 0.000596. The molecule has 2 bridgehead atoms. The molecule has 2 rings (SSSR count). The molecule has 2 aliphatic heterocycles. The molecule has 3 heteroatoms. The monoisotopic (exact) mass is 156 g/mol. The van der Waals surface area contributed by atoms with E-state index in [4.69, 9.17) is 16.2 Å². The van der Waals surface area contributed by atoms with E-state index in [1.807, 2.05) is 0 Å². The highest BCUT2D eigenvalue weighted by atomic mass is 16.5. The molecule has 0 aliphatic carbocycles. The lowest BCUT2D eigenvalue weighted by Crippen LogP contribution is -2.44. The van der Waals surface area contributed by atoms with E-state index in [0.717, 1.165) is 19.4 Å². The van der Waals surface area contributed by atoms with E-state index in [9.17, 15) is 0 Å². The third kappa shape index (κ3) is 0.916. The zero-order chi connectivity index (χ0) is 7.90. The molecule has 0 amide bonds. The van der Waals surface area contributed by atoms with Gasteiger partial charge in [0.2, 0.25) is 0 Å². The van der Waals surface area contributed by atoms with Crippen LogP contribution in [0.2, 0.25) is 0 Å². The normalized spacial score (nSPS) is 48.5. The maximum Gasteiger partial charge on any atom is 0.0849 e. The van der Waals surface area contributed by atoms with Crippen molar-refractivity contribution in [2.24, 2.45) is 17.4 Å². The Hall–Kier alpha value is -0.120. The van der Waals surface area contributed by atoms with Gasteiger partial charge in [0.15, 0.2) is 0 Å². The fraction of sp³-hybridized carbons (Fsp3) is 1.00. The molecule has 0 aromatic heterocycles. The highest BCUT2D eigenvalue weighted by Gasteiger charge is 2.51. The molecular weight excluding hydrogens is 140 g/mol. The Morgan fingerprint density at radius 3 is 2.73 bits per heavy atom. The Labute approximate surface area is 67.1 Å².